The first kappa shape index (κ1) is 14.6. The Labute approximate surface area is 126 Å². The van der Waals surface area contributed by atoms with Gasteiger partial charge in [-0.25, -0.2) is 0 Å². The molecule has 1 aliphatic carbocycles. The molecule has 5 heteroatoms. The third-order valence-corrected chi connectivity index (χ3v) is 3.92. The second-order valence-electron chi connectivity index (χ2n) is 5.31. The average Bonchev–Trinajstić information content (AvgIpc) is 2.90. The van der Waals surface area contributed by atoms with E-state index in [2.05, 4.69) is 5.32 Å². The zero-order valence-corrected chi connectivity index (χ0v) is 11.7. The highest BCUT2D eigenvalue weighted by atomic mass is 19.4. The summed E-state index contributed by atoms with van der Waals surface area (Å²) in [6.45, 7) is 0. The van der Waals surface area contributed by atoms with E-state index in [0.717, 1.165) is 23.6 Å². The van der Waals surface area contributed by atoms with Crippen LogP contribution in [0.4, 0.5) is 13.2 Å². The Morgan fingerprint density at radius 3 is 2.50 bits per heavy atom. The zero-order valence-electron chi connectivity index (χ0n) is 11.7. The maximum atomic E-state index is 13.0. The lowest BCUT2D eigenvalue weighted by Gasteiger charge is -2.17. The minimum atomic E-state index is -4.54. The number of aryl methyl sites for hydroxylation is 1. The average molecular weight is 305 g/mol. The van der Waals surface area contributed by atoms with E-state index >= 15 is 0 Å². The van der Waals surface area contributed by atoms with Gasteiger partial charge < -0.3 is 5.32 Å². The van der Waals surface area contributed by atoms with Crippen LogP contribution in [0, 0.1) is 0 Å². The first-order chi connectivity index (χ1) is 10.5. The first-order valence-electron chi connectivity index (χ1n) is 7.01. The Balaban J connectivity index is 1.85. The summed E-state index contributed by atoms with van der Waals surface area (Å²) in [5.41, 5.74) is 0.885. The van der Waals surface area contributed by atoms with Crippen molar-refractivity contribution in [1.82, 2.24) is 5.32 Å². The van der Waals surface area contributed by atoms with E-state index in [-0.39, 0.29) is 11.6 Å². The molecule has 0 aliphatic heterocycles. The van der Waals surface area contributed by atoms with Crippen molar-refractivity contribution >= 4 is 5.91 Å². The van der Waals surface area contributed by atoms with Gasteiger partial charge in [-0.05, 0) is 36.1 Å². The van der Waals surface area contributed by atoms with Gasteiger partial charge in [-0.1, -0.05) is 36.4 Å². The van der Waals surface area contributed by atoms with E-state index in [4.69, 9.17) is 0 Å². The molecule has 0 bridgehead atoms. The lowest BCUT2D eigenvalue weighted by Crippen LogP contribution is -2.29. The number of hydrogen-bond acceptors (Lipinski definition) is 1. The zero-order chi connectivity index (χ0) is 15.7. The monoisotopic (exact) mass is 305 g/mol. The summed E-state index contributed by atoms with van der Waals surface area (Å²) >= 11 is 0. The summed E-state index contributed by atoms with van der Waals surface area (Å²) in [6.07, 6.45) is -3.01. The fourth-order valence-electron chi connectivity index (χ4n) is 2.87. The van der Waals surface area contributed by atoms with Crippen molar-refractivity contribution in [2.24, 2.45) is 0 Å². The number of nitrogens with one attached hydrogen (secondary N) is 1. The molecule has 1 unspecified atom stereocenters. The van der Waals surface area contributed by atoms with Gasteiger partial charge in [0.05, 0.1) is 17.2 Å². The number of hydrogen-bond donors (Lipinski definition) is 1. The van der Waals surface area contributed by atoms with Crippen LogP contribution in [0.25, 0.3) is 0 Å². The molecule has 22 heavy (non-hydrogen) atoms. The molecule has 2 nitrogen and oxygen atoms in total. The second-order valence-corrected chi connectivity index (χ2v) is 5.31. The summed E-state index contributed by atoms with van der Waals surface area (Å²) < 4.78 is 38.9. The maximum absolute atomic E-state index is 13.0. The highest BCUT2D eigenvalue weighted by Gasteiger charge is 2.35. The molecule has 0 radical (unpaired) electrons. The lowest BCUT2D eigenvalue weighted by atomic mass is 10.0. The Morgan fingerprint density at radius 1 is 1.05 bits per heavy atom. The number of amides is 1. The molecular weight excluding hydrogens is 291 g/mol. The van der Waals surface area contributed by atoms with Crippen LogP contribution in [-0.4, -0.2) is 5.91 Å². The van der Waals surface area contributed by atoms with Crippen molar-refractivity contribution < 1.29 is 18.0 Å². The Hall–Kier alpha value is -2.30. The van der Waals surface area contributed by atoms with Gasteiger partial charge in [-0.2, -0.15) is 13.2 Å². The van der Waals surface area contributed by atoms with Crippen molar-refractivity contribution in [1.29, 1.82) is 0 Å². The summed E-state index contributed by atoms with van der Waals surface area (Å²) in [5, 5.41) is 2.72. The molecule has 114 valence electrons. The van der Waals surface area contributed by atoms with Crippen LogP contribution in [0.5, 0.6) is 0 Å². The lowest BCUT2D eigenvalue weighted by molar-refractivity contribution is -0.137. The number of alkyl halides is 3. The fourth-order valence-corrected chi connectivity index (χ4v) is 2.87. The Morgan fingerprint density at radius 2 is 1.73 bits per heavy atom. The highest BCUT2D eigenvalue weighted by Crippen LogP contribution is 2.34. The summed E-state index contributed by atoms with van der Waals surface area (Å²) in [5.74, 6) is -0.686. The van der Waals surface area contributed by atoms with Gasteiger partial charge in [0.1, 0.15) is 0 Å². The topological polar surface area (TPSA) is 29.1 Å². The molecule has 0 aromatic heterocycles. The number of halogens is 3. The third kappa shape index (κ3) is 2.71. The fraction of sp³-hybridized carbons (Fsp3) is 0.235. The molecule has 0 saturated carbocycles. The number of benzene rings is 2. The predicted molar refractivity (Wildman–Crippen MR) is 76.4 cm³/mol. The van der Waals surface area contributed by atoms with Crippen LogP contribution in [-0.2, 0) is 12.6 Å². The molecule has 0 fully saturated rings. The molecule has 0 spiro atoms. The van der Waals surface area contributed by atoms with Crippen LogP contribution < -0.4 is 5.32 Å². The highest BCUT2D eigenvalue weighted by molar-refractivity contribution is 5.96. The normalized spacial score (nSPS) is 17.1. The molecule has 3 rings (SSSR count). The van der Waals surface area contributed by atoms with Gasteiger partial charge in [0, 0.05) is 0 Å². The van der Waals surface area contributed by atoms with Crippen molar-refractivity contribution in [2.75, 3.05) is 0 Å². The van der Waals surface area contributed by atoms with E-state index in [1.54, 1.807) is 0 Å². The standard InChI is InChI=1S/C17H14F3NO/c18-17(19,20)14-8-4-3-7-13(14)16(22)21-15-10-9-11-5-1-2-6-12(11)15/h1-8,15H,9-10H2,(H,21,22). The maximum Gasteiger partial charge on any atom is 0.417 e. The van der Waals surface area contributed by atoms with Crippen LogP contribution >= 0.6 is 0 Å². The van der Waals surface area contributed by atoms with Crippen LogP contribution in [0.1, 0.15) is 39.5 Å². The predicted octanol–water partition coefficient (Wildman–Crippen LogP) is 4.12. The van der Waals surface area contributed by atoms with Crippen LogP contribution in [0.2, 0.25) is 0 Å². The van der Waals surface area contributed by atoms with Gasteiger partial charge in [-0.3, -0.25) is 4.79 Å². The summed E-state index contributed by atoms with van der Waals surface area (Å²) in [7, 11) is 0. The smallest absolute Gasteiger partial charge is 0.345 e. The number of rotatable bonds is 2. The first-order valence-corrected chi connectivity index (χ1v) is 7.01. The quantitative estimate of drug-likeness (QED) is 0.888. The number of fused-ring (bicyclic) bond motifs is 1. The second kappa shape index (κ2) is 5.48. The van der Waals surface area contributed by atoms with E-state index < -0.39 is 17.6 Å². The minimum absolute atomic E-state index is 0.231. The van der Waals surface area contributed by atoms with Gasteiger partial charge in [0.25, 0.3) is 5.91 Å². The van der Waals surface area contributed by atoms with Crippen molar-refractivity contribution in [3.8, 4) is 0 Å². The third-order valence-electron chi connectivity index (χ3n) is 3.92. The minimum Gasteiger partial charge on any atom is -0.345 e. The molecule has 2 aromatic carbocycles. The van der Waals surface area contributed by atoms with Gasteiger partial charge in [0.2, 0.25) is 0 Å². The summed E-state index contributed by atoms with van der Waals surface area (Å²) in [4.78, 5) is 12.3. The van der Waals surface area contributed by atoms with Crippen molar-refractivity contribution in [3.63, 3.8) is 0 Å². The van der Waals surface area contributed by atoms with Crippen molar-refractivity contribution in [2.45, 2.75) is 25.1 Å². The van der Waals surface area contributed by atoms with E-state index in [9.17, 15) is 18.0 Å². The number of carbonyl (C=O) groups is 1. The Bertz CT molecular complexity index is 709. The molecule has 2 aromatic rings. The molecule has 1 atom stereocenters. The van der Waals surface area contributed by atoms with Gasteiger partial charge in [-0.15, -0.1) is 0 Å². The van der Waals surface area contributed by atoms with E-state index in [1.807, 2.05) is 24.3 Å². The summed E-state index contributed by atoms with van der Waals surface area (Å²) in [6, 6.07) is 12.3. The molecule has 0 saturated heterocycles. The SMILES string of the molecule is O=C(NC1CCc2ccccc21)c1ccccc1C(F)(F)F. The van der Waals surface area contributed by atoms with Gasteiger partial charge >= 0.3 is 6.18 Å². The largest absolute Gasteiger partial charge is 0.417 e. The molecule has 1 N–H and O–H groups in total. The van der Waals surface area contributed by atoms with Crippen LogP contribution in [0.3, 0.4) is 0 Å². The van der Waals surface area contributed by atoms with Gasteiger partial charge in [0.15, 0.2) is 0 Å². The molecule has 1 aliphatic rings. The van der Waals surface area contributed by atoms with Crippen LogP contribution in [0.15, 0.2) is 48.5 Å². The number of carbonyl (C=O) groups excluding carboxylic acids is 1. The molecule has 0 heterocycles. The van der Waals surface area contributed by atoms with E-state index in [0.29, 0.717) is 6.42 Å². The molecular formula is C17H14F3NO. The van der Waals surface area contributed by atoms with E-state index in [1.165, 1.54) is 18.2 Å². The Kier molecular flexibility index (Phi) is 3.64. The molecule has 1 amide bonds. The van der Waals surface area contributed by atoms with Crippen molar-refractivity contribution in [3.05, 3.63) is 70.8 Å².